The first-order valence-corrected chi connectivity index (χ1v) is 6.60. The van der Waals surface area contributed by atoms with E-state index in [1.807, 2.05) is 18.2 Å². The maximum absolute atomic E-state index is 6.35. The van der Waals surface area contributed by atoms with Crippen LogP contribution in [0.4, 0.5) is 0 Å². The SMILES string of the molecule is ClC(c1ccccc1)c1csc(I)c1. The van der Waals surface area contributed by atoms with Crippen molar-refractivity contribution < 1.29 is 0 Å². The zero-order valence-electron chi connectivity index (χ0n) is 7.28. The zero-order valence-corrected chi connectivity index (χ0v) is 11.0. The third kappa shape index (κ3) is 2.30. The Morgan fingerprint density at radius 3 is 2.43 bits per heavy atom. The molecular formula is C11H8ClIS. The number of hydrogen-bond acceptors (Lipinski definition) is 1. The molecule has 0 aliphatic heterocycles. The molecule has 0 N–H and O–H groups in total. The van der Waals surface area contributed by atoms with Crippen LogP contribution in [0, 0.1) is 2.88 Å². The summed E-state index contributed by atoms with van der Waals surface area (Å²) in [6.07, 6.45) is 0. The van der Waals surface area contributed by atoms with Crippen LogP contribution in [0.5, 0.6) is 0 Å². The van der Waals surface area contributed by atoms with E-state index >= 15 is 0 Å². The normalized spacial score (nSPS) is 12.7. The van der Waals surface area contributed by atoms with E-state index in [9.17, 15) is 0 Å². The Morgan fingerprint density at radius 1 is 1.14 bits per heavy atom. The second-order valence-corrected chi connectivity index (χ2v) is 6.20. The molecule has 0 aliphatic carbocycles. The van der Waals surface area contributed by atoms with Crippen molar-refractivity contribution in [3.63, 3.8) is 0 Å². The fourth-order valence-corrected chi connectivity index (χ4v) is 3.01. The molecule has 0 radical (unpaired) electrons. The van der Waals surface area contributed by atoms with Crippen molar-refractivity contribution in [2.75, 3.05) is 0 Å². The lowest BCUT2D eigenvalue weighted by Gasteiger charge is -2.06. The Morgan fingerprint density at radius 2 is 1.86 bits per heavy atom. The summed E-state index contributed by atoms with van der Waals surface area (Å²) in [5, 5.41) is 2.10. The molecule has 0 nitrogen and oxygen atoms in total. The summed E-state index contributed by atoms with van der Waals surface area (Å²) < 4.78 is 1.28. The molecule has 1 unspecified atom stereocenters. The molecular weight excluding hydrogens is 327 g/mol. The van der Waals surface area contributed by atoms with Gasteiger partial charge in [0, 0.05) is 0 Å². The van der Waals surface area contributed by atoms with Crippen molar-refractivity contribution in [1.29, 1.82) is 0 Å². The molecule has 1 aromatic heterocycles. The van der Waals surface area contributed by atoms with Crippen molar-refractivity contribution in [2.45, 2.75) is 5.38 Å². The number of alkyl halides is 1. The van der Waals surface area contributed by atoms with Gasteiger partial charge in [0.2, 0.25) is 0 Å². The quantitative estimate of drug-likeness (QED) is 0.552. The molecule has 0 amide bonds. The molecule has 1 heterocycles. The molecule has 2 rings (SSSR count). The molecule has 0 saturated carbocycles. The summed E-state index contributed by atoms with van der Waals surface area (Å²) in [6, 6.07) is 12.3. The van der Waals surface area contributed by atoms with E-state index in [2.05, 4.69) is 46.2 Å². The fourth-order valence-electron chi connectivity index (χ4n) is 1.27. The van der Waals surface area contributed by atoms with Gasteiger partial charge in [-0.15, -0.1) is 22.9 Å². The van der Waals surface area contributed by atoms with Crippen LogP contribution in [-0.4, -0.2) is 0 Å². The highest BCUT2D eigenvalue weighted by molar-refractivity contribution is 14.1. The molecule has 3 heteroatoms. The maximum Gasteiger partial charge on any atom is 0.0843 e. The molecule has 0 spiro atoms. The van der Waals surface area contributed by atoms with Gasteiger partial charge in [0.1, 0.15) is 0 Å². The molecule has 1 aromatic carbocycles. The number of rotatable bonds is 2. The highest BCUT2D eigenvalue weighted by Gasteiger charge is 2.11. The Bertz CT molecular complexity index is 410. The number of benzene rings is 1. The van der Waals surface area contributed by atoms with Crippen LogP contribution in [0.2, 0.25) is 0 Å². The highest BCUT2D eigenvalue weighted by Crippen LogP contribution is 2.31. The number of halogens is 2. The second kappa shape index (κ2) is 4.64. The van der Waals surface area contributed by atoms with Crippen LogP contribution in [-0.2, 0) is 0 Å². The van der Waals surface area contributed by atoms with Crippen LogP contribution in [0.1, 0.15) is 16.5 Å². The van der Waals surface area contributed by atoms with Gasteiger partial charge in [-0.3, -0.25) is 0 Å². The van der Waals surface area contributed by atoms with Crippen LogP contribution in [0.25, 0.3) is 0 Å². The molecule has 0 bridgehead atoms. The lowest BCUT2D eigenvalue weighted by atomic mass is 10.1. The van der Waals surface area contributed by atoms with Gasteiger partial charge in [-0.05, 0) is 45.2 Å². The lowest BCUT2D eigenvalue weighted by molar-refractivity contribution is 1.15. The van der Waals surface area contributed by atoms with Crippen LogP contribution in [0.3, 0.4) is 0 Å². The van der Waals surface area contributed by atoms with Gasteiger partial charge in [0.25, 0.3) is 0 Å². The van der Waals surface area contributed by atoms with Gasteiger partial charge < -0.3 is 0 Å². The summed E-state index contributed by atoms with van der Waals surface area (Å²) >= 11 is 10.4. The molecule has 0 fully saturated rings. The van der Waals surface area contributed by atoms with E-state index in [0.29, 0.717) is 0 Å². The van der Waals surface area contributed by atoms with E-state index < -0.39 is 0 Å². The predicted molar refractivity (Wildman–Crippen MR) is 71.2 cm³/mol. The van der Waals surface area contributed by atoms with Gasteiger partial charge in [0.15, 0.2) is 0 Å². The van der Waals surface area contributed by atoms with Crippen LogP contribution >= 0.6 is 45.5 Å². The van der Waals surface area contributed by atoms with Gasteiger partial charge in [0.05, 0.1) is 8.26 Å². The van der Waals surface area contributed by atoms with Crippen molar-refractivity contribution in [3.05, 3.63) is 55.8 Å². The largest absolute Gasteiger partial charge is 0.137 e. The summed E-state index contributed by atoms with van der Waals surface area (Å²) in [6.45, 7) is 0. The summed E-state index contributed by atoms with van der Waals surface area (Å²) in [4.78, 5) is 0. The fraction of sp³-hybridized carbons (Fsp3) is 0.0909. The molecule has 0 aliphatic rings. The topological polar surface area (TPSA) is 0 Å². The standard InChI is InChI=1S/C11H8ClIS/c12-11(8-4-2-1-3-5-8)9-6-10(13)14-7-9/h1-7,11H. The number of hydrogen-bond donors (Lipinski definition) is 0. The first kappa shape index (κ1) is 10.5. The third-order valence-corrected chi connectivity index (χ3v) is 4.28. The van der Waals surface area contributed by atoms with E-state index in [0.717, 1.165) is 5.56 Å². The maximum atomic E-state index is 6.35. The second-order valence-electron chi connectivity index (χ2n) is 2.96. The summed E-state index contributed by atoms with van der Waals surface area (Å²) in [5.41, 5.74) is 2.34. The first-order chi connectivity index (χ1) is 6.77. The molecule has 14 heavy (non-hydrogen) atoms. The van der Waals surface area contributed by atoms with Gasteiger partial charge in [-0.25, -0.2) is 0 Å². The molecule has 1 atom stereocenters. The van der Waals surface area contributed by atoms with Gasteiger partial charge in [-0.2, -0.15) is 0 Å². The zero-order chi connectivity index (χ0) is 9.97. The Balaban J connectivity index is 2.29. The predicted octanol–water partition coefficient (Wildman–Crippen LogP) is 4.68. The van der Waals surface area contributed by atoms with Gasteiger partial charge >= 0.3 is 0 Å². The van der Waals surface area contributed by atoms with Crippen molar-refractivity contribution >= 4 is 45.5 Å². The molecule has 72 valence electrons. The van der Waals surface area contributed by atoms with Crippen molar-refractivity contribution in [3.8, 4) is 0 Å². The third-order valence-electron chi connectivity index (χ3n) is 1.97. The van der Waals surface area contributed by atoms with E-state index in [-0.39, 0.29) is 5.38 Å². The summed E-state index contributed by atoms with van der Waals surface area (Å²) in [5.74, 6) is 0. The Kier molecular flexibility index (Phi) is 3.47. The van der Waals surface area contributed by atoms with Crippen LogP contribution < -0.4 is 0 Å². The monoisotopic (exact) mass is 334 g/mol. The van der Waals surface area contributed by atoms with Crippen molar-refractivity contribution in [2.24, 2.45) is 0 Å². The van der Waals surface area contributed by atoms with E-state index in [1.165, 1.54) is 8.45 Å². The Labute approximate surface area is 106 Å². The first-order valence-electron chi connectivity index (χ1n) is 4.20. The highest BCUT2D eigenvalue weighted by atomic mass is 127. The minimum atomic E-state index is -0.0176. The minimum absolute atomic E-state index is 0.0176. The molecule has 2 aromatic rings. The minimum Gasteiger partial charge on any atom is -0.137 e. The average Bonchev–Trinajstić information content (AvgIpc) is 2.65. The Hall–Kier alpha value is -0.0600. The summed E-state index contributed by atoms with van der Waals surface area (Å²) in [7, 11) is 0. The lowest BCUT2D eigenvalue weighted by Crippen LogP contribution is -1.89. The number of thiophene rings is 1. The van der Waals surface area contributed by atoms with Gasteiger partial charge in [-0.1, -0.05) is 30.3 Å². The van der Waals surface area contributed by atoms with E-state index in [4.69, 9.17) is 11.6 Å². The smallest absolute Gasteiger partial charge is 0.0843 e. The van der Waals surface area contributed by atoms with E-state index in [1.54, 1.807) is 11.3 Å². The average molecular weight is 335 g/mol. The van der Waals surface area contributed by atoms with Crippen molar-refractivity contribution in [1.82, 2.24) is 0 Å². The molecule has 0 saturated heterocycles. The van der Waals surface area contributed by atoms with Crippen LogP contribution in [0.15, 0.2) is 41.8 Å².